The summed E-state index contributed by atoms with van der Waals surface area (Å²) in [6, 6.07) is 7.58. The minimum Gasteiger partial charge on any atom is -0.494 e. The van der Waals surface area contributed by atoms with Crippen molar-refractivity contribution in [3.63, 3.8) is 0 Å². The minimum absolute atomic E-state index is 0.128. The molecule has 0 aromatic heterocycles. The molecule has 2 heterocycles. The van der Waals surface area contributed by atoms with Gasteiger partial charge in [-0.15, -0.1) is 0 Å². The van der Waals surface area contributed by atoms with Crippen LogP contribution in [0.5, 0.6) is 5.75 Å². The van der Waals surface area contributed by atoms with Gasteiger partial charge >= 0.3 is 0 Å². The van der Waals surface area contributed by atoms with Crippen molar-refractivity contribution in [2.75, 3.05) is 26.2 Å². The second-order valence-corrected chi connectivity index (χ2v) is 7.26. The highest BCUT2D eigenvalue weighted by molar-refractivity contribution is 6.35. The number of piperidine rings is 1. The van der Waals surface area contributed by atoms with Gasteiger partial charge in [-0.25, -0.2) is 0 Å². The topological polar surface area (TPSA) is 49.9 Å². The van der Waals surface area contributed by atoms with Crippen molar-refractivity contribution >= 4 is 17.4 Å². The van der Waals surface area contributed by atoms with Crippen LogP contribution in [0.4, 0.5) is 0 Å². The molecule has 0 bridgehead atoms. The number of unbranched alkanes of at least 4 members (excludes halogenated alkanes) is 1. The molecule has 3 rings (SSSR count). The lowest BCUT2D eigenvalue weighted by molar-refractivity contribution is -0.137. The maximum Gasteiger partial charge on any atom is 0.277 e. The lowest BCUT2D eigenvalue weighted by Gasteiger charge is -2.29. The van der Waals surface area contributed by atoms with E-state index in [0.717, 1.165) is 56.5 Å². The Bertz CT molecular complexity index is 703. The second-order valence-electron chi connectivity index (χ2n) is 7.26. The molecule has 0 aliphatic carbocycles. The standard InChI is InChI=1S/C22H30N2O3/c1-3-5-15-24-21(25)19(17-9-11-18(12-10-17)27-16-4-2)20(22(24)26)23-13-7-6-8-14-23/h9-12H,3-8,13-16H2,1-2H3. The molecule has 27 heavy (non-hydrogen) atoms. The fraction of sp³-hybridized carbons (Fsp3) is 0.545. The van der Waals surface area contributed by atoms with Crippen LogP contribution in [0, 0.1) is 0 Å². The second kappa shape index (κ2) is 9.07. The summed E-state index contributed by atoms with van der Waals surface area (Å²) in [5.41, 5.74) is 1.95. The first kappa shape index (κ1) is 19.5. The van der Waals surface area contributed by atoms with Crippen LogP contribution in [-0.4, -0.2) is 47.9 Å². The summed E-state index contributed by atoms with van der Waals surface area (Å²) in [5.74, 6) is 0.508. The van der Waals surface area contributed by atoms with Gasteiger partial charge in [-0.1, -0.05) is 32.4 Å². The molecule has 2 amide bonds. The molecule has 146 valence electrons. The van der Waals surface area contributed by atoms with E-state index in [1.54, 1.807) is 0 Å². The smallest absolute Gasteiger partial charge is 0.277 e. The van der Waals surface area contributed by atoms with Gasteiger partial charge in [-0.3, -0.25) is 14.5 Å². The van der Waals surface area contributed by atoms with Crippen LogP contribution in [0.3, 0.4) is 0 Å². The predicted molar refractivity (Wildman–Crippen MR) is 106 cm³/mol. The molecule has 0 atom stereocenters. The molecule has 0 unspecified atom stereocenters. The molecule has 5 heteroatoms. The van der Waals surface area contributed by atoms with E-state index in [0.29, 0.717) is 24.4 Å². The number of likely N-dealkylation sites (tertiary alicyclic amines) is 1. The Kier molecular flexibility index (Phi) is 6.54. The van der Waals surface area contributed by atoms with E-state index < -0.39 is 0 Å². The molecular formula is C22H30N2O3. The van der Waals surface area contributed by atoms with Crippen molar-refractivity contribution in [3.8, 4) is 5.75 Å². The summed E-state index contributed by atoms with van der Waals surface area (Å²) < 4.78 is 5.65. The van der Waals surface area contributed by atoms with Gasteiger partial charge in [0.25, 0.3) is 11.8 Å². The van der Waals surface area contributed by atoms with E-state index in [4.69, 9.17) is 4.74 Å². The van der Waals surface area contributed by atoms with E-state index in [1.807, 2.05) is 24.3 Å². The molecule has 5 nitrogen and oxygen atoms in total. The van der Waals surface area contributed by atoms with Crippen molar-refractivity contribution in [2.45, 2.75) is 52.4 Å². The van der Waals surface area contributed by atoms with E-state index in [-0.39, 0.29) is 11.8 Å². The third-order valence-electron chi connectivity index (χ3n) is 5.17. The molecular weight excluding hydrogens is 340 g/mol. The van der Waals surface area contributed by atoms with Crippen molar-refractivity contribution in [3.05, 3.63) is 35.5 Å². The largest absolute Gasteiger partial charge is 0.494 e. The van der Waals surface area contributed by atoms with Gasteiger partial charge < -0.3 is 9.64 Å². The number of carbonyl (C=O) groups is 2. The summed E-state index contributed by atoms with van der Waals surface area (Å²) in [5, 5.41) is 0. The molecule has 0 N–H and O–H groups in total. The summed E-state index contributed by atoms with van der Waals surface area (Å²) in [6.07, 6.45) is 6.06. The quantitative estimate of drug-likeness (QED) is 0.653. The fourth-order valence-electron chi connectivity index (χ4n) is 3.69. The lowest BCUT2D eigenvalue weighted by Crippen LogP contribution is -2.37. The van der Waals surface area contributed by atoms with E-state index in [9.17, 15) is 9.59 Å². The fourth-order valence-corrected chi connectivity index (χ4v) is 3.69. The van der Waals surface area contributed by atoms with E-state index >= 15 is 0 Å². The highest BCUT2D eigenvalue weighted by Crippen LogP contribution is 2.34. The molecule has 0 saturated carbocycles. The molecule has 1 aromatic rings. The number of ether oxygens (including phenoxy) is 1. The van der Waals surface area contributed by atoms with Gasteiger partial charge in [0.15, 0.2) is 0 Å². The van der Waals surface area contributed by atoms with Crippen LogP contribution in [0.15, 0.2) is 30.0 Å². The number of amides is 2. The average Bonchev–Trinajstić information content (AvgIpc) is 2.96. The maximum absolute atomic E-state index is 13.1. The van der Waals surface area contributed by atoms with Gasteiger partial charge in [0.1, 0.15) is 11.4 Å². The third-order valence-corrected chi connectivity index (χ3v) is 5.17. The molecule has 1 fully saturated rings. The number of carbonyl (C=O) groups excluding carboxylic acids is 2. The SMILES string of the molecule is CCCCN1C(=O)C(c2ccc(OCCC)cc2)=C(N2CCCCC2)C1=O. The lowest BCUT2D eigenvalue weighted by atomic mass is 10.0. The summed E-state index contributed by atoms with van der Waals surface area (Å²) in [4.78, 5) is 29.8. The third kappa shape index (κ3) is 4.18. The van der Waals surface area contributed by atoms with Gasteiger partial charge in [0, 0.05) is 19.6 Å². The van der Waals surface area contributed by atoms with Crippen LogP contribution in [0.2, 0.25) is 0 Å². The van der Waals surface area contributed by atoms with Gasteiger partial charge in [-0.2, -0.15) is 0 Å². The van der Waals surface area contributed by atoms with Crippen LogP contribution in [0.25, 0.3) is 5.57 Å². The Balaban J connectivity index is 1.93. The zero-order valence-corrected chi connectivity index (χ0v) is 16.5. The number of rotatable bonds is 8. The molecule has 0 radical (unpaired) electrons. The van der Waals surface area contributed by atoms with E-state index in [2.05, 4.69) is 18.7 Å². The highest BCUT2D eigenvalue weighted by atomic mass is 16.5. The molecule has 1 aromatic carbocycles. The first-order valence-corrected chi connectivity index (χ1v) is 10.3. The Morgan fingerprint density at radius 2 is 1.63 bits per heavy atom. The van der Waals surface area contributed by atoms with Crippen LogP contribution in [-0.2, 0) is 9.59 Å². The van der Waals surface area contributed by atoms with Crippen molar-refractivity contribution in [1.29, 1.82) is 0 Å². The normalized spacial score (nSPS) is 17.9. The number of benzene rings is 1. The van der Waals surface area contributed by atoms with Gasteiger partial charge in [0.2, 0.25) is 0 Å². The van der Waals surface area contributed by atoms with Crippen LogP contribution >= 0.6 is 0 Å². The number of imide groups is 1. The number of hydrogen-bond acceptors (Lipinski definition) is 4. The number of nitrogens with zero attached hydrogens (tertiary/aromatic N) is 2. The molecule has 0 spiro atoms. The van der Waals surface area contributed by atoms with Crippen molar-refractivity contribution in [1.82, 2.24) is 9.80 Å². The molecule has 2 aliphatic rings. The zero-order chi connectivity index (χ0) is 19.2. The Morgan fingerprint density at radius 1 is 0.926 bits per heavy atom. The minimum atomic E-state index is -0.156. The van der Waals surface area contributed by atoms with E-state index in [1.165, 1.54) is 11.3 Å². The monoisotopic (exact) mass is 370 g/mol. The van der Waals surface area contributed by atoms with Gasteiger partial charge in [-0.05, 0) is 49.8 Å². The Morgan fingerprint density at radius 3 is 2.26 bits per heavy atom. The Hall–Kier alpha value is -2.30. The highest BCUT2D eigenvalue weighted by Gasteiger charge is 2.41. The molecule has 1 saturated heterocycles. The average molecular weight is 370 g/mol. The summed E-state index contributed by atoms with van der Waals surface area (Å²) >= 11 is 0. The first-order chi connectivity index (χ1) is 13.2. The summed E-state index contributed by atoms with van der Waals surface area (Å²) in [7, 11) is 0. The number of hydrogen-bond donors (Lipinski definition) is 0. The van der Waals surface area contributed by atoms with Crippen molar-refractivity contribution < 1.29 is 14.3 Å². The summed E-state index contributed by atoms with van der Waals surface area (Å²) in [6.45, 7) is 6.99. The Labute approximate surface area is 162 Å². The zero-order valence-electron chi connectivity index (χ0n) is 16.5. The van der Waals surface area contributed by atoms with Gasteiger partial charge in [0.05, 0.1) is 12.2 Å². The van der Waals surface area contributed by atoms with Crippen molar-refractivity contribution in [2.24, 2.45) is 0 Å². The molecule has 2 aliphatic heterocycles. The first-order valence-electron chi connectivity index (χ1n) is 10.3. The van der Waals surface area contributed by atoms with Crippen LogP contribution < -0.4 is 4.74 Å². The maximum atomic E-state index is 13.1. The predicted octanol–water partition coefficient (Wildman–Crippen LogP) is 3.84. The van der Waals surface area contributed by atoms with Crippen LogP contribution in [0.1, 0.15) is 57.9 Å².